The topological polar surface area (TPSA) is 46.1 Å². The van der Waals surface area contributed by atoms with Crippen molar-refractivity contribution in [2.45, 2.75) is 34.3 Å². The van der Waals surface area contributed by atoms with Crippen molar-refractivity contribution < 1.29 is 4.79 Å². The standard InChI is InChI=1S/C15H19N3OS3/c1-4-18(10-12-8-6-5-7-9-12)13(19)11(2)21-15-17-16-14(20-3)22-15/h5-9,11H,4,10H2,1-3H3. The lowest BCUT2D eigenvalue weighted by Crippen LogP contribution is -2.35. The molecule has 2 rings (SSSR count). The van der Waals surface area contributed by atoms with E-state index in [4.69, 9.17) is 0 Å². The minimum Gasteiger partial charge on any atom is -0.338 e. The van der Waals surface area contributed by atoms with Gasteiger partial charge in [0.2, 0.25) is 5.91 Å². The van der Waals surface area contributed by atoms with Crippen molar-refractivity contribution in [3.63, 3.8) is 0 Å². The summed E-state index contributed by atoms with van der Waals surface area (Å²) < 4.78 is 1.78. The Kier molecular flexibility index (Phi) is 6.72. The minimum atomic E-state index is -0.161. The summed E-state index contributed by atoms with van der Waals surface area (Å²) >= 11 is 4.59. The van der Waals surface area contributed by atoms with E-state index in [0.29, 0.717) is 13.1 Å². The molecule has 0 aliphatic rings. The monoisotopic (exact) mass is 353 g/mol. The summed E-state index contributed by atoms with van der Waals surface area (Å²) in [5.41, 5.74) is 1.15. The molecule has 4 nitrogen and oxygen atoms in total. The van der Waals surface area contributed by atoms with Gasteiger partial charge in [-0.15, -0.1) is 10.2 Å². The van der Waals surface area contributed by atoms with E-state index in [-0.39, 0.29) is 11.2 Å². The molecular weight excluding hydrogens is 334 g/mol. The summed E-state index contributed by atoms with van der Waals surface area (Å²) in [6.07, 6.45) is 1.97. The van der Waals surface area contributed by atoms with Crippen molar-refractivity contribution in [3.05, 3.63) is 35.9 Å². The van der Waals surface area contributed by atoms with Crippen LogP contribution in [0, 0.1) is 0 Å². The highest BCUT2D eigenvalue weighted by Crippen LogP contribution is 2.30. The Labute approximate surface area is 143 Å². The highest BCUT2D eigenvalue weighted by molar-refractivity contribution is 8.03. The molecule has 22 heavy (non-hydrogen) atoms. The Balaban J connectivity index is 1.97. The normalized spacial score (nSPS) is 12.1. The van der Waals surface area contributed by atoms with Gasteiger partial charge in [-0.1, -0.05) is 65.2 Å². The highest BCUT2D eigenvalue weighted by atomic mass is 32.2. The lowest BCUT2D eigenvalue weighted by Gasteiger charge is -2.23. The Morgan fingerprint density at radius 3 is 2.55 bits per heavy atom. The van der Waals surface area contributed by atoms with Crippen molar-refractivity contribution in [1.29, 1.82) is 0 Å². The molecule has 0 radical (unpaired) electrons. The lowest BCUT2D eigenvalue weighted by atomic mass is 10.2. The van der Waals surface area contributed by atoms with Crippen molar-refractivity contribution >= 4 is 40.8 Å². The first kappa shape index (κ1) is 17.3. The fourth-order valence-corrected chi connectivity index (χ4v) is 4.60. The van der Waals surface area contributed by atoms with Crippen LogP contribution in [0.3, 0.4) is 0 Å². The molecule has 2 aromatic rings. The third kappa shape index (κ3) is 4.72. The number of hydrogen-bond acceptors (Lipinski definition) is 6. The van der Waals surface area contributed by atoms with Crippen molar-refractivity contribution in [2.24, 2.45) is 0 Å². The van der Waals surface area contributed by atoms with E-state index in [1.54, 1.807) is 11.8 Å². The van der Waals surface area contributed by atoms with Gasteiger partial charge in [0.15, 0.2) is 8.68 Å². The molecule has 7 heteroatoms. The van der Waals surface area contributed by atoms with Crippen molar-refractivity contribution in [1.82, 2.24) is 15.1 Å². The number of aromatic nitrogens is 2. The zero-order chi connectivity index (χ0) is 15.9. The molecule has 0 N–H and O–H groups in total. The van der Waals surface area contributed by atoms with Gasteiger partial charge in [0.05, 0.1) is 5.25 Å². The number of carbonyl (C=O) groups is 1. The second kappa shape index (κ2) is 8.55. The van der Waals surface area contributed by atoms with Crippen molar-refractivity contribution in [3.8, 4) is 0 Å². The number of nitrogens with zero attached hydrogens (tertiary/aromatic N) is 3. The number of amides is 1. The van der Waals surface area contributed by atoms with Crippen LogP contribution in [-0.2, 0) is 11.3 Å². The van der Waals surface area contributed by atoms with Gasteiger partial charge in [-0.3, -0.25) is 4.79 Å². The maximum atomic E-state index is 12.6. The summed E-state index contributed by atoms with van der Waals surface area (Å²) in [5.74, 6) is 0.136. The van der Waals surface area contributed by atoms with Crippen LogP contribution in [0.5, 0.6) is 0 Å². The Hall–Kier alpha value is -1.05. The van der Waals surface area contributed by atoms with Crippen LogP contribution in [0.25, 0.3) is 0 Å². The average molecular weight is 354 g/mol. The smallest absolute Gasteiger partial charge is 0.236 e. The molecule has 1 unspecified atom stereocenters. The van der Waals surface area contributed by atoms with E-state index >= 15 is 0 Å². The molecule has 1 heterocycles. The van der Waals surface area contributed by atoms with Crippen LogP contribution in [-0.4, -0.2) is 39.1 Å². The van der Waals surface area contributed by atoms with Crippen molar-refractivity contribution in [2.75, 3.05) is 12.8 Å². The number of thioether (sulfide) groups is 2. The fourth-order valence-electron chi connectivity index (χ4n) is 1.94. The molecule has 1 amide bonds. The number of carbonyl (C=O) groups excluding carboxylic acids is 1. The third-order valence-corrected chi connectivity index (χ3v) is 6.17. The Morgan fingerprint density at radius 1 is 1.27 bits per heavy atom. The number of benzene rings is 1. The predicted molar refractivity (Wildman–Crippen MR) is 94.5 cm³/mol. The first-order chi connectivity index (χ1) is 10.6. The van der Waals surface area contributed by atoms with Gasteiger partial charge in [0, 0.05) is 13.1 Å². The van der Waals surface area contributed by atoms with Crippen LogP contribution in [0.1, 0.15) is 19.4 Å². The molecule has 1 atom stereocenters. The summed E-state index contributed by atoms with van der Waals surface area (Å²) in [6, 6.07) is 10.1. The lowest BCUT2D eigenvalue weighted by molar-refractivity contribution is -0.130. The molecule has 0 saturated heterocycles. The summed E-state index contributed by atoms with van der Waals surface area (Å²) in [6.45, 7) is 5.29. The van der Waals surface area contributed by atoms with E-state index in [0.717, 1.165) is 14.2 Å². The molecule has 0 aliphatic heterocycles. The zero-order valence-electron chi connectivity index (χ0n) is 12.9. The van der Waals surface area contributed by atoms with Gasteiger partial charge in [0.1, 0.15) is 0 Å². The molecular formula is C15H19N3OS3. The van der Waals surface area contributed by atoms with Gasteiger partial charge < -0.3 is 4.90 Å². The van der Waals surface area contributed by atoms with E-state index < -0.39 is 0 Å². The minimum absolute atomic E-state index is 0.136. The van der Waals surface area contributed by atoms with E-state index in [1.165, 1.54) is 23.1 Å². The first-order valence-electron chi connectivity index (χ1n) is 7.01. The number of hydrogen-bond donors (Lipinski definition) is 0. The van der Waals surface area contributed by atoms with Gasteiger partial charge in [-0.05, 0) is 25.7 Å². The van der Waals surface area contributed by atoms with E-state index in [2.05, 4.69) is 10.2 Å². The van der Waals surface area contributed by atoms with Gasteiger partial charge in [-0.25, -0.2) is 0 Å². The largest absolute Gasteiger partial charge is 0.338 e. The Bertz CT molecular complexity index is 603. The third-order valence-electron chi connectivity index (χ3n) is 3.10. The second-order valence-corrected chi connectivity index (χ2v) is 8.25. The summed E-state index contributed by atoms with van der Waals surface area (Å²) in [5, 5.41) is 8.02. The average Bonchev–Trinajstić information content (AvgIpc) is 3.00. The van der Waals surface area contributed by atoms with Crippen LogP contribution >= 0.6 is 34.9 Å². The summed E-state index contributed by atoms with van der Waals surface area (Å²) in [7, 11) is 0. The maximum Gasteiger partial charge on any atom is 0.236 e. The van der Waals surface area contributed by atoms with Crippen LogP contribution in [0.4, 0.5) is 0 Å². The molecule has 0 spiro atoms. The molecule has 0 saturated carbocycles. The van der Waals surface area contributed by atoms with Gasteiger partial charge >= 0.3 is 0 Å². The second-order valence-electron chi connectivity index (χ2n) is 4.64. The Morgan fingerprint density at radius 2 is 1.95 bits per heavy atom. The molecule has 0 aliphatic carbocycles. The van der Waals surface area contributed by atoms with Crippen LogP contribution < -0.4 is 0 Å². The SMILES string of the molecule is CCN(Cc1ccccc1)C(=O)C(C)Sc1nnc(SC)s1. The quantitative estimate of drug-likeness (QED) is 0.709. The van der Waals surface area contributed by atoms with Gasteiger partial charge in [-0.2, -0.15) is 0 Å². The van der Waals surface area contributed by atoms with E-state index in [9.17, 15) is 4.79 Å². The molecule has 1 aromatic carbocycles. The fraction of sp³-hybridized carbons (Fsp3) is 0.400. The zero-order valence-corrected chi connectivity index (χ0v) is 15.3. The summed E-state index contributed by atoms with van der Waals surface area (Å²) in [4.78, 5) is 14.5. The van der Waals surface area contributed by atoms with Crippen LogP contribution in [0.2, 0.25) is 0 Å². The molecule has 0 fully saturated rings. The van der Waals surface area contributed by atoms with E-state index in [1.807, 2.05) is 55.3 Å². The molecule has 1 aromatic heterocycles. The first-order valence-corrected chi connectivity index (χ1v) is 9.93. The van der Waals surface area contributed by atoms with Gasteiger partial charge in [0.25, 0.3) is 0 Å². The van der Waals surface area contributed by atoms with Crippen LogP contribution in [0.15, 0.2) is 39.0 Å². The molecule has 118 valence electrons. The predicted octanol–water partition coefficient (Wildman–Crippen LogP) is 3.79. The highest BCUT2D eigenvalue weighted by Gasteiger charge is 2.22. The maximum absolute atomic E-state index is 12.6. The number of rotatable bonds is 7. The molecule has 0 bridgehead atoms.